The van der Waals surface area contributed by atoms with Crippen LogP contribution in [-0.4, -0.2) is 35.3 Å². The first-order valence-electron chi connectivity index (χ1n) is 9.56. The molecular formula is C20H27FN4O. The van der Waals surface area contributed by atoms with Crippen LogP contribution in [0.1, 0.15) is 43.0 Å². The molecule has 1 aromatic carbocycles. The predicted molar refractivity (Wildman–Crippen MR) is 99.6 cm³/mol. The van der Waals surface area contributed by atoms with E-state index < -0.39 is 0 Å². The van der Waals surface area contributed by atoms with Crippen LogP contribution in [0, 0.1) is 5.82 Å². The monoisotopic (exact) mass is 358 g/mol. The maximum absolute atomic E-state index is 14.5. The number of nitrogens with one attached hydrogen (secondary N) is 1. The standard InChI is InChI=1S/C20H27FN4O/c1-24-14-22-13-19(24)20-11-15(7-10-26-20)23-12-16-17(21)5-4-6-18(16)25-8-2-3-9-25/h4-6,13-15,20,23H,2-3,7-12H2,1H3/t15-,20-/m1/s1. The van der Waals surface area contributed by atoms with Crippen LogP contribution in [0.2, 0.25) is 0 Å². The van der Waals surface area contributed by atoms with E-state index in [0.717, 1.165) is 42.9 Å². The summed E-state index contributed by atoms with van der Waals surface area (Å²) >= 11 is 0. The second-order valence-corrected chi connectivity index (χ2v) is 7.32. The molecule has 0 bridgehead atoms. The molecule has 26 heavy (non-hydrogen) atoms. The minimum absolute atomic E-state index is 0.0485. The smallest absolute Gasteiger partial charge is 0.129 e. The van der Waals surface area contributed by atoms with E-state index >= 15 is 0 Å². The molecule has 6 heteroatoms. The molecule has 1 N–H and O–H groups in total. The Morgan fingerprint density at radius 3 is 2.92 bits per heavy atom. The lowest BCUT2D eigenvalue weighted by Crippen LogP contribution is -2.36. The molecule has 2 aliphatic rings. The van der Waals surface area contributed by atoms with Gasteiger partial charge in [0.05, 0.1) is 18.2 Å². The Morgan fingerprint density at radius 2 is 2.15 bits per heavy atom. The van der Waals surface area contributed by atoms with Gasteiger partial charge in [-0.05, 0) is 37.8 Å². The van der Waals surface area contributed by atoms with Crippen molar-refractivity contribution in [2.45, 2.75) is 44.4 Å². The van der Waals surface area contributed by atoms with E-state index in [1.165, 1.54) is 12.8 Å². The minimum Gasteiger partial charge on any atom is -0.372 e. The van der Waals surface area contributed by atoms with Crippen molar-refractivity contribution in [1.82, 2.24) is 14.9 Å². The van der Waals surface area contributed by atoms with Crippen LogP contribution in [0.4, 0.5) is 10.1 Å². The molecular weight excluding hydrogens is 331 g/mol. The highest BCUT2D eigenvalue weighted by Crippen LogP contribution is 2.30. The molecule has 0 spiro atoms. The number of aryl methyl sites for hydroxylation is 1. The molecule has 3 heterocycles. The molecule has 4 rings (SSSR count). The van der Waals surface area contributed by atoms with Gasteiger partial charge in [-0.15, -0.1) is 0 Å². The third-order valence-electron chi connectivity index (χ3n) is 5.58. The van der Waals surface area contributed by atoms with Gasteiger partial charge in [0.1, 0.15) is 11.9 Å². The van der Waals surface area contributed by atoms with Crippen LogP contribution >= 0.6 is 0 Å². The van der Waals surface area contributed by atoms with Crippen molar-refractivity contribution < 1.29 is 9.13 Å². The van der Waals surface area contributed by atoms with E-state index in [-0.39, 0.29) is 11.9 Å². The van der Waals surface area contributed by atoms with Gasteiger partial charge in [-0.25, -0.2) is 9.37 Å². The highest BCUT2D eigenvalue weighted by molar-refractivity contribution is 5.54. The van der Waals surface area contributed by atoms with Gasteiger partial charge in [-0.3, -0.25) is 0 Å². The zero-order chi connectivity index (χ0) is 17.9. The maximum Gasteiger partial charge on any atom is 0.129 e. The normalized spacial score (nSPS) is 23.5. The van der Waals surface area contributed by atoms with Crippen LogP contribution in [0.25, 0.3) is 0 Å². The number of nitrogens with zero attached hydrogens (tertiary/aromatic N) is 3. The zero-order valence-electron chi connectivity index (χ0n) is 15.3. The number of hydrogen-bond donors (Lipinski definition) is 1. The predicted octanol–water partition coefficient (Wildman–Crippen LogP) is 3.17. The van der Waals surface area contributed by atoms with Crippen molar-refractivity contribution in [2.75, 3.05) is 24.6 Å². The van der Waals surface area contributed by atoms with Gasteiger partial charge in [0, 0.05) is 50.6 Å². The first-order valence-corrected chi connectivity index (χ1v) is 9.56. The van der Waals surface area contributed by atoms with Crippen LogP contribution < -0.4 is 10.2 Å². The Morgan fingerprint density at radius 1 is 1.31 bits per heavy atom. The molecule has 2 aromatic rings. The fraction of sp³-hybridized carbons (Fsp3) is 0.550. The second-order valence-electron chi connectivity index (χ2n) is 7.32. The molecule has 5 nitrogen and oxygen atoms in total. The van der Waals surface area contributed by atoms with Crippen molar-refractivity contribution in [1.29, 1.82) is 0 Å². The van der Waals surface area contributed by atoms with E-state index in [1.807, 2.05) is 29.9 Å². The number of aromatic nitrogens is 2. The number of benzene rings is 1. The molecule has 0 aliphatic carbocycles. The van der Waals surface area contributed by atoms with E-state index in [0.29, 0.717) is 19.2 Å². The van der Waals surface area contributed by atoms with E-state index in [1.54, 1.807) is 12.4 Å². The second kappa shape index (κ2) is 7.76. The Hall–Kier alpha value is -1.92. The summed E-state index contributed by atoms with van der Waals surface area (Å²) in [4.78, 5) is 6.50. The summed E-state index contributed by atoms with van der Waals surface area (Å²) in [6.07, 6.45) is 7.93. The van der Waals surface area contributed by atoms with Gasteiger partial charge >= 0.3 is 0 Å². The fourth-order valence-corrected chi connectivity index (χ4v) is 4.09. The number of imidazole rings is 1. The highest BCUT2D eigenvalue weighted by Gasteiger charge is 2.26. The van der Waals surface area contributed by atoms with Gasteiger partial charge in [0.15, 0.2) is 0 Å². The van der Waals surface area contributed by atoms with Crippen LogP contribution in [-0.2, 0) is 18.3 Å². The molecule has 2 fully saturated rings. The number of rotatable bonds is 5. The lowest BCUT2D eigenvalue weighted by atomic mass is 10.0. The van der Waals surface area contributed by atoms with Gasteiger partial charge < -0.3 is 19.5 Å². The van der Waals surface area contributed by atoms with Gasteiger partial charge in [0.25, 0.3) is 0 Å². The summed E-state index contributed by atoms with van der Waals surface area (Å²) in [7, 11) is 1.99. The van der Waals surface area contributed by atoms with Gasteiger partial charge in [0.2, 0.25) is 0 Å². The Balaban J connectivity index is 1.43. The summed E-state index contributed by atoms with van der Waals surface area (Å²) in [5.41, 5.74) is 2.93. The third-order valence-corrected chi connectivity index (χ3v) is 5.58. The lowest BCUT2D eigenvalue weighted by Gasteiger charge is -2.31. The summed E-state index contributed by atoms with van der Waals surface area (Å²) in [6, 6.07) is 5.75. The SMILES string of the molecule is Cn1cncc1[C@H]1C[C@H](NCc2c(F)cccc2N2CCCC2)CCO1. The fourth-order valence-electron chi connectivity index (χ4n) is 4.09. The molecule has 0 saturated carbocycles. The number of ether oxygens (including phenoxy) is 1. The average Bonchev–Trinajstić information content (AvgIpc) is 3.32. The highest BCUT2D eigenvalue weighted by atomic mass is 19.1. The Kier molecular flexibility index (Phi) is 5.22. The van der Waals surface area contributed by atoms with Crippen molar-refractivity contribution in [3.05, 3.63) is 47.8 Å². The van der Waals surface area contributed by atoms with Gasteiger partial charge in [-0.1, -0.05) is 6.07 Å². The summed E-state index contributed by atoms with van der Waals surface area (Å²) in [5.74, 6) is -0.114. The molecule has 2 aliphatic heterocycles. The molecule has 140 valence electrons. The van der Waals surface area contributed by atoms with Gasteiger partial charge in [-0.2, -0.15) is 0 Å². The van der Waals surface area contributed by atoms with E-state index in [2.05, 4.69) is 15.2 Å². The molecule has 0 unspecified atom stereocenters. The first kappa shape index (κ1) is 17.5. The van der Waals surface area contributed by atoms with Crippen LogP contribution in [0.5, 0.6) is 0 Å². The summed E-state index contributed by atoms with van der Waals surface area (Å²) < 4.78 is 22.4. The molecule has 2 atom stereocenters. The summed E-state index contributed by atoms with van der Waals surface area (Å²) in [6.45, 7) is 3.32. The van der Waals surface area contributed by atoms with Crippen molar-refractivity contribution in [3.8, 4) is 0 Å². The lowest BCUT2D eigenvalue weighted by molar-refractivity contribution is -0.00407. The van der Waals surface area contributed by atoms with E-state index in [9.17, 15) is 4.39 Å². The van der Waals surface area contributed by atoms with Crippen LogP contribution in [0.3, 0.4) is 0 Å². The quantitative estimate of drug-likeness (QED) is 0.892. The average molecular weight is 358 g/mol. The molecule has 0 radical (unpaired) electrons. The Bertz CT molecular complexity index is 741. The van der Waals surface area contributed by atoms with Crippen molar-refractivity contribution in [2.24, 2.45) is 7.05 Å². The molecule has 2 saturated heterocycles. The minimum atomic E-state index is -0.114. The topological polar surface area (TPSA) is 42.3 Å². The zero-order valence-corrected chi connectivity index (χ0v) is 15.3. The largest absolute Gasteiger partial charge is 0.372 e. The third kappa shape index (κ3) is 3.62. The molecule has 0 amide bonds. The van der Waals surface area contributed by atoms with Crippen molar-refractivity contribution >= 4 is 5.69 Å². The number of hydrogen-bond acceptors (Lipinski definition) is 4. The van der Waals surface area contributed by atoms with Crippen LogP contribution in [0.15, 0.2) is 30.7 Å². The summed E-state index contributed by atoms with van der Waals surface area (Å²) in [5, 5.41) is 3.58. The molecule has 1 aromatic heterocycles. The number of halogens is 1. The van der Waals surface area contributed by atoms with Crippen molar-refractivity contribution in [3.63, 3.8) is 0 Å². The number of anilines is 1. The Labute approximate surface area is 154 Å². The first-order chi connectivity index (χ1) is 12.7. The maximum atomic E-state index is 14.5. The van der Waals surface area contributed by atoms with E-state index in [4.69, 9.17) is 4.74 Å².